The highest BCUT2D eigenvalue weighted by molar-refractivity contribution is 7.90. The number of nitrogens with zero attached hydrogens (tertiary/aromatic N) is 1. The maximum atomic E-state index is 12.0. The monoisotopic (exact) mass is 333 g/mol. The van der Waals surface area contributed by atoms with Gasteiger partial charge in [-0.05, 0) is 30.3 Å². The van der Waals surface area contributed by atoms with Crippen molar-refractivity contribution in [2.45, 2.75) is 4.90 Å². The minimum absolute atomic E-state index is 0.0410. The van der Waals surface area contributed by atoms with E-state index in [9.17, 15) is 13.2 Å². The summed E-state index contributed by atoms with van der Waals surface area (Å²) in [5.41, 5.74) is 10.3. The number of guanidine groups is 1. The number of benzene rings is 2. The minimum Gasteiger partial charge on any atom is -0.456 e. The van der Waals surface area contributed by atoms with Gasteiger partial charge in [-0.15, -0.1) is 0 Å². The average Bonchev–Trinajstić information content (AvgIpc) is 2.46. The first kappa shape index (κ1) is 16.5. The molecule has 23 heavy (non-hydrogen) atoms. The maximum absolute atomic E-state index is 12.0. The molecule has 0 aliphatic rings. The van der Waals surface area contributed by atoms with Gasteiger partial charge in [-0.1, -0.05) is 18.2 Å². The third-order valence-electron chi connectivity index (χ3n) is 2.79. The van der Waals surface area contributed by atoms with Crippen LogP contribution >= 0.6 is 0 Å². The molecule has 4 N–H and O–H groups in total. The predicted molar refractivity (Wildman–Crippen MR) is 86.2 cm³/mol. The van der Waals surface area contributed by atoms with E-state index < -0.39 is 21.7 Å². The number of ether oxygens (including phenoxy) is 1. The standard InChI is InChI=1S/C15H15N3O4S/c1-23(20,21)13-9-10(14(19)18-15(16)17)7-8-12(13)22-11-5-3-2-4-6-11/h2-9H,1H3,(H4,16,17,18,19). The molecule has 0 aromatic heterocycles. The highest BCUT2D eigenvalue weighted by Gasteiger charge is 2.18. The summed E-state index contributed by atoms with van der Waals surface area (Å²) in [5, 5.41) is 0. The van der Waals surface area contributed by atoms with Gasteiger partial charge >= 0.3 is 0 Å². The number of para-hydroxylation sites is 1. The molecule has 120 valence electrons. The minimum atomic E-state index is -3.63. The third kappa shape index (κ3) is 4.30. The lowest BCUT2D eigenvalue weighted by atomic mass is 10.2. The molecule has 0 unspecified atom stereocenters. The van der Waals surface area contributed by atoms with Crippen LogP contribution in [0.5, 0.6) is 11.5 Å². The molecule has 0 atom stereocenters. The van der Waals surface area contributed by atoms with Crippen molar-refractivity contribution < 1.29 is 17.9 Å². The molecule has 0 fully saturated rings. The SMILES string of the molecule is CS(=O)(=O)c1cc(C(=O)N=C(N)N)ccc1Oc1ccccc1. The van der Waals surface area contributed by atoms with E-state index in [4.69, 9.17) is 16.2 Å². The second kappa shape index (κ2) is 6.49. The first-order valence-corrected chi connectivity index (χ1v) is 8.37. The van der Waals surface area contributed by atoms with Crippen LogP contribution in [0.3, 0.4) is 0 Å². The van der Waals surface area contributed by atoms with Gasteiger partial charge in [-0.3, -0.25) is 4.79 Å². The molecule has 0 heterocycles. The molecule has 7 nitrogen and oxygen atoms in total. The van der Waals surface area contributed by atoms with Crippen LogP contribution in [-0.4, -0.2) is 26.5 Å². The lowest BCUT2D eigenvalue weighted by Crippen LogP contribution is -2.24. The molecular formula is C15H15N3O4S. The number of aliphatic imine (C=N–C) groups is 1. The number of amides is 1. The van der Waals surface area contributed by atoms with Gasteiger partial charge in [0.25, 0.3) is 5.91 Å². The molecular weight excluding hydrogens is 318 g/mol. The Morgan fingerprint density at radius 3 is 2.30 bits per heavy atom. The summed E-state index contributed by atoms with van der Waals surface area (Å²) in [6.45, 7) is 0. The van der Waals surface area contributed by atoms with Gasteiger partial charge < -0.3 is 16.2 Å². The molecule has 2 aromatic rings. The molecule has 0 aliphatic heterocycles. The smallest absolute Gasteiger partial charge is 0.280 e. The van der Waals surface area contributed by atoms with Crippen LogP contribution in [0.25, 0.3) is 0 Å². The zero-order valence-electron chi connectivity index (χ0n) is 12.3. The molecule has 0 spiro atoms. The van der Waals surface area contributed by atoms with E-state index in [1.54, 1.807) is 30.3 Å². The van der Waals surface area contributed by atoms with Crippen LogP contribution in [0.15, 0.2) is 58.4 Å². The van der Waals surface area contributed by atoms with Crippen molar-refractivity contribution in [1.29, 1.82) is 0 Å². The molecule has 0 saturated carbocycles. The topological polar surface area (TPSA) is 125 Å². The Labute approximate surface area is 133 Å². The second-order valence-electron chi connectivity index (χ2n) is 4.69. The summed E-state index contributed by atoms with van der Waals surface area (Å²) in [6, 6.07) is 12.7. The van der Waals surface area contributed by atoms with E-state index in [0.717, 1.165) is 6.26 Å². The zero-order chi connectivity index (χ0) is 17.0. The van der Waals surface area contributed by atoms with Crippen molar-refractivity contribution in [3.05, 3.63) is 54.1 Å². The molecule has 2 rings (SSSR count). The predicted octanol–water partition coefficient (Wildman–Crippen LogP) is 1.30. The summed E-state index contributed by atoms with van der Waals surface area (Å²) in [4.78, 5) is 15.1. The average molecular weight is 333 g/mol. The quantitative estimate of drug-likeness (QED) is 0.641. The van der Waals surface area contributed by atoms with E-state index in [-0.39, 0.29) is 16.2 Å². The van der Waals surface area contributed by atoms with Crippen LogP contribution in [-0.2, 0) is 9.84 Å². The first-order valence-electron chi connectivity index (χ1n) is 6.48. The number of carbonyl (C=O) groups is 1. The molecule has 0 radical (unpaired) electrons. The molecule has 1 amide bonds. The van der Waals surface area contributed by atoms with E-state index >= 15 is 0 Å². The summed E-state index contributed by atoms with van der Waals surface area (Å²) in [6.07, 6.45) is 1.02. The number of carbonyl (C=O) groups excluding carboxylic acids is 1. The van der Waals surface area contributed by atoms with Crippen molar-refractivity contribution in [3.8, 4) is 11.5 Å². The Morgan fingerprint density at radius 1 is 1.09 bits per heavy atom. The first-order chi connectivity index (χ1) is 10.8. The number of hydrogen-bond donors (Lipinski definition) is 2. The summed E-state index contributed by atoms with van der Waals surface area (Å²) in [5.74, 6) is -0.553. The van der Waals surface area contributed by atoms with Crippen molar-refractivity contribution in [1.82, 2.24) is 0 Å². The summed E-state index contributed by atoms with van der Waals surface area (Å²) < 4.78 is 29.5. The molecule has 2 aromatic carbocycles. The molecule has 0 saturated heterocycles. The molecule has 8 heteroatoms. The van der Waals surface area contributed by atoms with Gasteiger partial charge in [0, 0.05) is 11.8 Å². The molecule has 0 bridgehead atoms. The van der Waals surface area contributed by atoms with Gasteiger partial charge in [0.2, 0.25) is 0 Å². The van der Waals surface area contributed by atoms with Crippen molar-refractivity contribution >= 4 is 21.7 Å². The fraction of sp³-hybridized carbons (Fsp3) is 0.0667. The maximum Gasteiger partial charge on any atom is 0.280 e. The van der Waals surface area contributed by atoms with Gasteiger partial charge in [-0.25, -0.2) is 8.42 Å². The zero-order valence-corrected chi connectivity index (χ0v) is 13.1. The number of rotatable bonds is 4. The Kier molecular flexibility index (Phi) is 4.65. The van der Waals surface area contributed by atoms with E-state index in [1.807, 2.05) is 0 Å². The Morgan fingerprint density at radius 2 is 1.74 bits per heavy atom. The number of sulfone groups is 1. The Hall–Kier alpha value is -2.87. The summed E-state index contributed by atoms with van der Waals surface area (Å²) in [7, 11) is -3.63. The van der Waals surface area contributed by atoms with E-state index in [2.05, 4.69) is 4.99 Å². The Balaban J connectivity index is 2.48. The highest BCUT2D eigenvalue weighted by Crippen LogP contribution is 2.29. The van der Waals surface area contributed by atoms with Crippen LogP contribution < -0.4 is 16.2 Å². The fourth-order valence-corrected chi connectivity index (χ4v) is 2.63. The number of hydrogen-bond acceptors (Lipinski definition) is 4. The van der Waals surface area contributed by atoms with E-state index in [1.165, 1.54) is 18.2 Å². The lowest BCUT2D eigenvalue weighted by Gasteiger charge is -2.11. The van der Waals surface area contributed by atoms with Gasteiger partial charge in [0.15, 0.2) is 15.8 Å². The Bertz CT molecular complexity index is 858. The van der Waals surface area contributed by atoms with Crippen LogP contribution in [0.1, 0.15) is 10.4 Å². The van der Waals surface area contributed by atoms with Crippen molar-refractivity contribution in [3.63, 3.8) is 0 Å². The highest BCUT2D eigenvalue weighted by atomic mass is 32.2. The summed E-state index contributed by atoms with van der Waals surface area (Å²) >= 11 is 0. The number of nitrogens with two attached hydrogens (primary N) is 2. The normalized spacial score (nSPS) is 10.8. The fourth-order valence-electron chi connectivity index (χ4n) is 1.81. The van der Waals surface area contributed by atoms with Crippen LogP contribution in [0.4, 0.5) is 0 Å². The van der Waals surface area contributed by atoms with Crippen molar-refractivity contribution in [2.75, 3.05) is 6.26 Å². The van der Waals surface area contributed by atoms with Crippen LogP contribution in [0.2, 0.25) is 0 Å². The van der Waals surface area contributed by atoms with Gasteiger partial charge in [0.1, 0.15) is 16.4 Å². The second-order valence-corrected chi connectivity index (χ2v) is 6.67. The lowest BCUT2D eigenvalue weighted by molar-refractivity contribution is 0.100. The van der Waals surface area contributed by atoms with E-state index in [0.29, 0.717) is 5.75 Å². The van der Waals surface area contributed by atoms with Gasteiger partial charge in [-0.2, -0.15) is 4.99 Å². The molecule has 0 aliphatic carbocycles. The van der Waals surface area contributed by atoms with Crippen molar-refractivity contribution in [2.24, 2.45) is 16.5 Å². The largest absolute Gasteiger partial charge is 0.456 e. The van der Waals surface area contributed by atoms with Crippen LogP contribution in [0, 0.1) is 0 Å². The van der Waals surface area contributed by atoms with Gasteiger partial charge in [0.05, 0.1) is 0 Å². The third-order valence-corrected chi connectivity index (χ3v) is 3.91.